The summed E-state index contributed by atoms with van der Waals surface area (Å²) in [6.07, 6.45) is 0. The van der Waals surface area contributed by atoms with Crippen molar-refractivity contribution in [2.24, 2.45) is 0 Å². The molecular weight excluding hydrogens is 231 g/mol. The number of aryl methyl sites for hydroxylation is 1. The van der Waals surface area contributed by atoms with Crippen LogP contribution < -0.4 is 4.74 Å². The van der Waals surface area contributed by atoms with E-state index in [4.69, 9.17) is 4.74 Å². The lowest BCUT2D eigenvalue weighted by atomic mass is 10.1. The normalized spacial score (nSPS) is 10.1. The molecule has 0 aliphatic heterocycles. The van der Waals surface area contributed by atoms with Gasteiger partial charge in [-0.2, -0.15) is 0 Å². The molecule has 0 saturated heterocycles. The summed E-state index contributed by atoms with van der Waals surface area (Å²) in [5.74, 6) is -0.277. The topological polar surface area (TPSA) is 26.3 Å². The third kappa shape index (κ3) is 2.94. The van der Waals surface area contributed by atoms with Gasteiger partial charge in [0.2, 0.25) is 5.78 Å². The minimum Gasteiger partial charge on any atom is -0.485 e. The molecule has 0 saturated carbocycles. The molecule has 0 spiro atoms. The van der Waals surface area contributed by atoms with Crippen molar-refractivity contribution in [1.82, 2.24) is 0 Å². The molecule has 2 aromatic carbocycles. The van der Waals surface area contributed by atoms with E-state index in [1.165, 1.54) is 12.1 Å². The second kappa shape index (κ2) is 5.45. The summed E-state index contributed by atoms with van der Waals surface area (Å²) in [7, 11) is 0. The van der Waals surface area contributed by atoms with Crippen LogP contribution in [0.4, 0.5) is 4.39 Å². The molecule has 2 rings (SSSR count). The third-order valence-corrected chi connectivity index (χ3v) is 2.54. The summed E-state index contributed by atoms with van der Waals surface area (Å²) in [5, 5.41) is 0. The molecule has 2 nitrogen and oxygen atoms in total. The Morgan fingerprint density at radius 1 is 1.17 bits per heavy atom. The number of ether oxygens (including phenoxy) is 1. The van der Waals surface area contributed by atoms with E-state index >= 15 is 0 Å². The van der Waals surface area contributed by atoms with E-state index in [0.717, 1.165) is 5.56 Å². The monoisotopic (exact) mass is 244 g/mol. The zero-order valence-corrected chi connectivity index (χ0v) is 10.0. The van der Waals surface area contributed by atoms with Crippen LogP contribution in [0.2, 0.25) is 0 Å². The van der Waals surface area contributed by atoms with Crippen LogP contribution in [0.15, 0.2) is 48.5 Å². The minimum atomic E-state index is -0.512. The largest absolute Gasteiger partial charge is 0.485 e. The van der Waals surface area contributed by atoms with Crippen LogP contribution in [0.3, 0.4) is 0 Å². The number of hydrogen-bond donors (Lipinski definition) is 0. The van der Waals surface area contributed by atoms with Crippen molar-refractivity contribution in [3.8, 4) is 5.75 Å². The summed E-state index contributed by atoms with van der Waals surface area (Å²) in [6.45, 7) is 1.65. The Kier molecular flexibility index (Phi) is 3.72. The maximum absolute atomic E-state index is 13.5. The first-order chi connectivity index (χ1) is 8.66. The molecule has 0 atom stereocenters. The van der Waals surface area contributed by atoms with Crippen LogP contribution in [0, 0.1) is 12.7 Å². The Hall–Kier alpha value is -2.16. The van der Waals surface area contributed by atoms with E-state index < -0.39 is 5.82 Å². The van der Waals surface area contributed by atoms with Crippen molar-refractivity contribution in [1.29, 1.82) is 0 Å². The third-order valence-electron chi connectivity index (χ3n) is 2.54. The molecule has 0 aliphatic rings. The van der Waals surface area contributed by atoms with Crippen molar-refractivity contribution < 1.29 is 13.9 Å². The van der Waals surface area contributed by atoms with Gasteiger partial charge in [-0.3, -0.25) is 4.79 Å². The van der Waals surface area contributed by atoms with Crippen LogP contribution in [-0.2, 0) is 0 Å². The Balaban J connectivity index is 2.06. The molecule has 0 N–H and O–H groups in total. The fourth-order valence-electron chi connectivity index (χ4n) is 1.60. The minimum absolute atomic E-state index is 0.0749. The van der Waals surface area contributed by atoms with Gasteiger partial charge in [0, 0.05) is 0 Å². The van der Waals surface area contributed by atoms with E-state index in [1.807, 2.05) is 25.1 Å². The first-order valence-electron chi connectivity index (χ1n) is 5.64. The molecular formula is C15H13FO2. The summed E-state index contributed by atoms with van der Waals surface area (Å²) >= 11 is 0. The van der Waals surface area contributed by atoms with Crippen molar-refractivity contribution in [2.45, 2.75) is 6.92 Å². The van der Waals surface area contributed by atoms with E-state index in [0.29, 0.717) is 5.75 Å². The molecule has 0 bridgehead atoms. The van der Waals surface area contributed by atoms with E-state index in [2.05, 4.69) is 0 Å². The average Bonchev–Trinajstić information content (AvgIpc) is 2.40. The predicted octanol–water partition coefficient (Wildman–Crippen LogP) is 3.40. The lowest BCUT2D eigenvalue weighted by molar-refractivity contribution is 0.0917. The summed E-state index contributed by atoms with van der Waals surface area (Å²) in [6, 6.07) is 13.4. The summed E-state index contributed by atoms with van der Waals surface area (Å²) < 4.78 is 18.8. The highest BCUT2D eigenvalue weighted by Gasteiger charge is 2.12. The molecule has 0 aromatic heterocycles. The predicted molar refractivity (Wildman–Crippen MR) is 67.4 cm³/mol. The molecule has 3 heteroatoms. The van der Waals surface area contributed by atoms with Gasteiger partial charge in [0.15, 0.2) is 6.61 Å². The molecule has 92 valence electrons. The van der Waals surface area contributed by atoms with Gasteiger partial charge < -0.3 is 4.74 Å². The number of para-hydroxylation sites is 1. The maximum atomic E-state index is 13.5. The van der Waals surface area contributed by atoms with Crippen molar-refractivity contribution in [2.75, 3.05) is 6.61 Å². The first-order valence-corrected chi connectivity index (χ1v) is 5.64. The fraction of sp³-hybridized carbons (Fsp3) is 0.133. The van der Waals surface area contributed by atoms with Gasteiger partial charge in [0.05, 0.1) is 5.56 Å². The molecule has 2 aromatic rings. The number of rotatable bonds is 4. The zero-order valence-electron chi connectivity index (χ0n) is 10.0. The standard InChI is InChI=1S/C15H13FO2/c1-11-7-8-14(16)13(9-11)15(17)10-18-12-5-3-2-4-6-12/h2-9H,10H2,1H3. The van der Waals surface area contributed by atoms with Crippen LogP contribution >= 0.6 is 0 Å². The van der Waals surface area contributed by atoms with Crippen molar-refractivity contribution >= 4 is 5.78 Å². The Morgan fingerprint density at radius 3 is 2.61 bits per heavy atom. The van der Waals surface area contributed by atoms with Gasteiger partial charge in [0.25, 0.3) is 0 Å². The van der Waals surface area contributed by atoms with Gasteiger partial charge in [-0.15, -0.1) is 0 Å². The van der Waals surface area contributed by atoms with E-state index in [-0.39, 0.29) is 18.0 Å². The Morgan fingerprint density at radius 2 is 1.89 bits per heavy atom. The first kappa shape index (κ1) is 12.3. The highest BCUT2D eigenvalue weighted by molar-refractivity contribution is 5.97. The number of halogens is 1. The molecule has 0 amide bonds. The molecule has 0 radical (unpaired) electrons. The number of carbonyl (C=O) groups is 1. The number of carbonyl (C=O) groups excluding carboxylic acids is 1. The van der Waals surface area contributed by atoms with Crippen LogP contribution in [-0.4, -0.2) is 12.4 Å². The van der Waals surface area contributed by atoms with Crippen molar-refractivity contribution in [3.63, 3.8) is 0 Å². The van der Waals surface area contributed by atoms with Crippen molar-refractivity contribution in [3.05, 3.63) is 65.5 Å². The van der Waals surface area contributed by atoms with Crippen LogP contribution in [0.5, 0.6) is 5.75 Å². The van der Waals surface area contributed by atoms with Crippen LogP contribution in [0.25, 0.3) is 0 Å². The number of Topliss-reactive ketones (excluding diaryl/α,β-unsaturated/α-hetero) is 1. The van der Waals surface area contributed by atoms with Crippen LogP contribution in [0.1, 0.15) is 15.9 Å². The maximum Gasteiger partial charge on any atom is 0.203 e. The lowest BCUT2D eigenvalue weighted by Gasteiger charge is -2.06. The molecule has 0 heterocycles. The number of benzene rings is 2. The highest BCUT2D eigenvalue weighted by Crippen LogP contribution is 2.13. The van der Waals surface area contributed by atoms with E-state index in [9.17, 15) is 9.18 Å². The quantitative estimate of drug-likeness (QED) is 0.770. The molecule has 0 aliphatic carbocycles. The SMILES string of the molecule is Cc1ccc(F)c(C(=O)COc2ccccc2)c1. The van der Waals surface area contributed by atoms with Gasteiger partial charge in [0.1, 0.15) is 11.6 Å². The molecule has 0 unspecified atom stereocenters. The number of ketones is 1. The smallest absolute Gasteiger partial charge is 0.203 e. The number of hydrogen-bond acceptors (Lipinski definition) is 2. The summed E-state index contributed by atoms with van der Waals surface area (Å²) in [4.78, 5) is 11.8. The van der Waals surface area contributed by atoms with Gasteiger partial charge in [-0.1, -0.05) is 29.8 Å². The highest BCUT2D eigenvalue weighted by atomic mass is 19.1. The second-order valence-corrected chi connectivity index (χ2v) is 4.01. The fourth-order valence-corrected chi connectivity index (χ4v) is 1.60. The lowest BCUT2D eigenvalue weighted by Crippen LogP contribution is -2.13. The van der Waals surface area contributed by atoms with E-state index in [1.54, 1.807) is 18.2 Å². The van der Waals surface area contributed by atoms with Gasteiger partial charge in [-0.05, 0) is 31.2 Å². The van der Waals surface area contributed by atoms with Gasteiger partial charge in [-0.25, -0.2) is 4.39 Å². The molecule has 0 fully saturated rings. The Labute approximate surface area is 105 Å². The zero-order chi connectivity index (χ0) is 13.0. The van der Waals surface area contributed by atoms with Gasteiger partial charge >= 0.3 is 0 Å². The summed E-state index contributed by atoms with van der Waals surface area (Å²) in [5.41, 5.74) is 0.922. The second-order valence-electron chi connectivity index (χ2n) is 4.01. The Bertz CT molecular complexity index is 550. The molecule has 18 heavy (non-hydrogen) atoms. The average molecular weight is 244 g/mol.